The van der Waals surface area contributed by atoms with Gasteiger partial charge in [-0.15, -0.1) is 0 Å². The van der Waals surface area contributed by atoms with E-state index in [2.05, 4.69) is 15.1 Å². The Hall–Kier alpha value is -2.14. The summed E-state index contributed by atoms with van der Waals surface area (Å²) in [5.74, 6) is 0.516. The van der Waals surface area contributed by atoms with Gasteiger partial charge in [-0.05, 0) is 13.0 Å². The zero-order valence-corrected chi connectivity index (χ0v) is 11.9. The molecule has 0 spiro atoms. The zero-order chi connectivity index (χ0) is 14.1. The third-order valence-corrected chi connectivity index (χ3v) is 3.49. The summed E-state index contributed by atoms with van der Waals surface area (Å²) < 4.78 is 6.97. The van der Waals surface area contributed by atoms with Crippen molar-refractivity contribution in [3.8, 4) is 17.0 Å². The number of fused-ring (bicyclic) bond motifs is 1. The molecule has 0 aliphatic heterocycles. The second-order valence-corrected chi connectivity index (χ2v) is 4.67. The van der Waals surface area contributed by atoms with Crippen LogP contribution in [-0.2, 0) is 6.54 Å². The first-order chi connectivity index (χ1) is 9.72. The number of aryl methyl sites for hydroxylation is 1. The number of nitrogens with zero attached hydrogens (tertiary/aromatic N) is 4. The summed E-state index contributed by atoms with van der Waals surface area (Å²) in [6, 6.07) is 3.60. The summed E-state index contributed by atoms with van der Waals surface area (Å²) >= 11 is 6.46. The SMILES string of the molecule is CCn1cc(-c2cnc3ccc(OC)nc3c2Cl)cn1. The van der Waals surface area contributed by atoms with Crippen LogP contribution >= 0.6 is 11.6 Å². The molecule has 0 fully saturated rings. The van der Waals surface area contributed by atoms with Crippen LogP contribution < -0.4 is 4.74 Å². The van der Waals surface area contributed by atoms with Crippen molar-refractivity contribution < 1.29 is 4.74 Å². The second kappa shape index (κ2) is 5.09. The number of rotatable bonds is 3. The molecule has 0 aliphatic rings. The number of hydrogen-bond acceptors (Lipinski definition) is 4. The van der Waals surface area contributed by atoms with Crippen LogP contribution in [0.2, 0.25) is 5.02 Å². The predicted molar refractivity (Wildman–Crippen MR) is 78.0 cm³/mol. The molecule has 0 bridgehead atoms. The molecular formula is C14H13ClN4O. The lowest BCUT2D eigenvalue weighted by molar-refractivity contribution is 0.399. The van der Waals surface area contributed by atoms with E-state index in [1.165, 1.54) is 0 Å². The molecule has 0 radical (unpaired) electrons. The minimum Gasteiger partial charge on any atom is -0.481 e. The molecule has 0 aliphatic carbocycles. The third-order valence-electron chi connectivity index (χ3n) is 3.10. The summed E-state index contributed by atoms with van der Waals surface area (Å²) in [6.07, 6.45) is 5.46. The highest BCUT2D eigenvalue weighted by Gasteiger charge is 2.12. The molecule has 0 aromatic carbocycles. The molecule has 3 heterocycles. The third kappa shape index (κ3) is 2.10. The highest BCUT2D eigenvalue weighted by molar-refractivity contribution is 6.37. The summed E-state index contributed by atoms with van der Waals surface area (Å²) in [7, 11) is 1.57. The maximum absolute atomic E-state index is 6.46. The molecule has 0 N–H and O–H groups in total. The molecule has 0 unspecified atom stereocenters. The average molecular weight is 289 g/mol. The van der Waals surface area contributed by atoms with Gasteiger partial charge in [-0.25, -0.2) is 4.98 Å². The fourth-order valence-electron chi connectivity index (χ4n) is 2.01. The Morgan fingerprint density at radius 3 is 2.85 bits per heavy atom. The molecule has 0 atom stereocenters. The molecule has 3 aromatic heterocycles. The van der Waals surface area contributed by atoms with Gasteiger partial charge >= 0.3 is 0 Å². The Labute approximate surface area is 121 Å². The van der Waals surface area contributed by atoms with Crippen molar-refractivity contribution in [3.05, 3.63) is 35.7 Å². The Morgan fingerprint density at radius 1 is 1.30 bits per heavy atom. The van der Waals surface area contributed by atoms with E-state index in [0.717, 1.165) is 23.2 Å². The molecule has 102 valence electrons. The van der Waals surface area contributed by atoms with Gasteiger partial charge in [0.2, 0.25) is 5.88 Å². The van der Waals surface area contributed by atoms with Gasteiger partial charge in [0.1, 0.15) is 5.52 Å². The normalized spacial score (nSPS) is 10.9. The molecule has 0 saturated heterocycles. The highest BCUT2D eigenvalue weighted by atomic mass is 35.5. The average Bonchev–Trinajstić information content (AvgIpc) is 2.96. The first kappa shape index (κ1) is 12.9. The van der Waals surface area contributed by atoms with Crippen LogP contribution in [0.25, 0.3) is 22.2 Å². The van der Waals surface area contributed by atoms with Gasteiger partial charge in [0.15, 0.2) is 0 Å². The minimum absolute atomic E-state index is 0.516. The first-order valence-electron chi connectivity index (χ1n) is 6.25. The molecular weight excluding hydrogens is 276 g/mol. The van der Waals surface area contributed by atoms with Crippen molar-refractivity contribution in [1.29, 1.82) is 0 Å². The number of methoxy groups -OCH3 is 1. The number of aromatic nitrogens is 4. The quantitative estimate of drug-likeness (QED) is 0.743. The Morgan fingerprint density at radius 2 is 2.15 bits per heavy atom. The topological polar surface area (TPSA) is 52.8 Å². The van der Waals surface area contributed by atoms with E-state index in [0.29, 0.717) is 16.4 Å². The second-order valence-electron chi connectivity index (χ2n) is 4.29. The van der Waals surface area contributed by atoms with Gasteiger partial charge in [-0.3, -0.25) is 9.67 Å². The monoisotopic (exact) mass is 288 g/mol. The van der Waals surface area contributed by atoms with Gasteiger partial charge < -0.3 is 4.74 Å². The van der Waals surface area contributed by atoms with Crippen molar-refractivity contribution in [2.24, 2.45) is 0 Å². The smallest absolute Gasteiger partial charge is 0.213 e. The lowest BCUT2D eigenvalue weighted by Gasteiger charge is -2.06. The Balaban J connectivity index is 2.18. The van der Waals surface area contributed by atoms with Gasteiger partial charge in [0, 0.05) is 36.1 Å². The first-order valence-corrected chi connectivity index (χ1v) is 6.62. The molecule has 6 heteroatoms. The molecule has 5 nitrogen and oxygen atoms in total. The van der Waals surface area contributed by atoms with Crippen molar-refractivity contribution in [3.63, 3.8) is 0 Å². The lowest BCUT2D eigenvalue weighted by atomic mass is 10.1. The van der Waals surface area contributed by atoms with Crippen LogP contribution in [0, 0.1) is 0 Å². The van der Waals surface area contributed by atoms with E-state index < -0.39 is 0 Å². The Kier molecular flexibility index (Phi) is 3.28. The van der Waals surface area contributed by atoms with Crippen LogP contribution in [0.4, 0.5) is 0 Å². The zero-order valence-electron chi connectivity index (χ0n) is 11.2. The summed E-state index contributed by atoms with van der Waals surface area (Å²) in [5, 5.41) is 4.81. The van der Waals surface area contributed by atoms with Crippen molar-refractivity contribution >= 4 is 22.6 Å². The molecule has 3 aromatic rings. The van der Waals surface area contributed by atoms with Gasteiger partial charge in [0.25, 0.3) is 0 Å². The molecule has 0 saturated carbocycles. The van der Waals surface area contributed by atoms with Crippen LogP contribution in [0.15, 0.2) is 30.7 Å². The number of ether oxygens (including phenoxy) is 1. The lowest BCUT2D eigenvalue weighted by Crippen LogP contribution is -1.93. The van der Waals surface area contributed by atoms with E-state index in [1.54, 1.807) is 25.6 Å². The van der Waals surface area contributed by atoms with E-state index in [9.17, 15) is 0 Å². The van der Waals surface area contributed by atoms with E-state index in [4.69, 9.17) is 16.3 Å². The van der Waals surface area contributed by atoms with Crippen molar-refractivity contribution in [1.82, 2.24) is 19.7 Å². The summed E-state index contributed by atoms with van der Waals surface area (Å²) in [6.45, 7) is 2.84. The molecule has 20 heavy (non-hydrogen) atoms. The summed E-state index contributed by atoms with van der Waals surface area (Å²) in [5.41, 5.74) is 3.12. The van der Waals surface area contributed by atoms with Crippen LogP contribution in [0.1, 0.15) is 6.92 Å². The van der Waals surface area contributed by atoms with E-state index >= 15 is 0 Å². The maximum atomic E-state index is 6.46. The number of pyridine rings is 2. The van der Waals surface area contributed by atoms with Gasteiger partial charge in [-0.2, -0.15) is 5.10 Å². The van der Waals surface area contributed by atoms with Crippen LogP contribution in [-0.4, -0.2) is 26.9 Å². The fourth-order valence-corrected chi connectivity index (χ4v) is 2.31. The van der Waals surface area contributed by atoms with Gasteiger partial charge in [-0.1, -0.05) is 11.6 Å². The minimum atomic E-state index is 0.516. The van der Waals surface area contributed by atoms with Crippen LogP contribution in [0.5, 0.6) is 5.88 Å². The van der Waals surface area contributed by atoms with Crippen molar-refractivity contribution in [2.75, 3.05) is 7.11 Å². The Bertz CT molecular complexity index is 769. The van der Waals surface area contributed by atoms with Crippen molar-refractivity contribution in [2.45, 2.75) is 13.5 Å². The molecule has 0 amide bonds. The largest absolute Gasteiger partial charge is 0.481 e. The van der Waals surface area contributed by atoms with E-state index in [1.807, 2.05) is 23.9 Å². The fraction of sp³-hybridized carbons (Fsp3) is 0.214. The standard InChI is InChI=1S/C14H13ClN4O/c1-3-19-8-9(6-17-19)10-7-16-11-4-5-12(20-2)18-14(11)13(10)15/h4-8H,3H2,1-2H3. The van der Waals surface area contributed by atoms with Crippen LogP contribution in [0.3, 0.4) is 0 Å². The number of hydrogen-bond donors (Lipinski definition) is 0. The van der Waals surface area contributed by atoms with E-state index in [-0.39, 0.29) is 0 Å². The predicted octanol–water partition coefficient (Wildman–Crippen LogP) is 3.18. The maximum Gasteiger partial charge on any atom is 0.213 e. The van der Waals surface area contributed by atoms with Gasteiger partial charge in [0.05, 0.1) is 23.8 Å². The summed E-state index contributed by atoms with van der Waals surface area (Å²) in [4.78, 5) is 8.75. The highest BCUT2D eigenvalue weighted by Crippen LogP contribution is 2.32. The number of halogens is 1. The molecule has 3 rings (SSSR count).